The van der Waals surface area contributed by atoms with Gasteiger partial charge in [-0.1, -0.05) is 12.3 Å². The van der Waals surface area contributed by atoms with Gasteiger partial charge in [0.2, 0.25) is 0 Å². The molecule has 1 saturated heterocycles. The van der Waals surface area contributed by atoms with E-state index < -0.39 is 0 Å². The molecule has 1 aliphatic heterocycles. The molecule has 0 radical (unpaired) electrons. The molecule has 1 fully saturated rings. The molecule has 6 nitrogen and oxygen atoms in total. The van der Waals surface area contributed by atoms with Crippen LogP contribution in [0.15, 0.2) is 0 Å². The van der Waals surface area contributed by atoms with Gasteiger partial charge in [0.15, 0.2) is 13.1 Å². The fourth-order valence-corrected chi connectivity index (χ4v) is 0.793. The number of nitrogens with zero attached hydrogens (tertiary/aromatic N) is 2. The highest BCUT2D eigenvalue weighted by Crippen LogP contribution is 2.15. The SMILES string of the molecule is CCC(C)O[NH+]([O-])[N+]1([N-]N)CC1. The first kappa shape index (κ1) is 9.85. The quantitative estimate of drug-likeness (QED) is 0.244. The van der Waals surface area contributed by atoms with Crippen LogP contribution in [0.4, 0.5) is 0 Å². The molecular weight excluding hydrogens is 160 g/mol. The molecule has 2 atom stereocenters. The minimum absolute atomic E-state index is 0.0464. The van der Waals surface area contributed by atoms with Gasteiger partial charge in [-0.2, -0.15) is 9.54 Å². The van der Waals surface area contributed by atoms with Crippen molar-refractivity contribution in [1.82, 2.24) is 0 Å². The maximum absolute atomic E-state index is 11.3. The third kappa shape index (κ3) is 1.92. The maximum Gasteiger partial charge on any atom is 0.170 e. The predicted molar refractivity (Wildman–Crippen MR) is 42.7 cm³/mol. The van der Waals surface area contributed by atoms with E-state index in [9.17, 15) is 5.21 Å². The molecule has 0 spiro atoms. The number of quaternary nitrogens is 2. The molecule has 1 rings (SSSR count). The third-order valence-corrected chi connectivity index (χ3v) is 2.09. The Kier molecular flexibility index (Phi) is 2.99. The molecule has 72 valence electrons. The van der Waals surface area contributed by atoms with Gasteiger partial charge in [0.1, 0.15) is 6.10 Å². The van der Waals surface area contributed by atoms with E-state index >= 15 is 0 Å². The summed E-state index contributed by atoms with van der Waals surface area (Å²) in [7, 11) is 0. The lowest BCUT2D eigenvalue weighted by atomic mass is 10.3. The fourth-order valence-electron chi connectivity index (χ4n) is 0.793. The van der Waals surface area contributed by atoms with Crippen LogP contribution >= 0.6 is 0 Å². The number of hydrogen-bond donors (Lipinski definition) is 2. The minimum Gasteiger partial charge on any atom is -0.550 e. The Bertz CT molecular complexity index is 150. The van der Waals surface area contributed by atoms with Gasteiger partial charge in [-0.3, -0.25) is 0 Å². The zero-order valence-electron chi connectivity index (χ0n) is 7.49. The Labute approximate surface area is 71.9 Å². The summed E-state index contributed by atoms with van der Waals surface area (Å²) in [4.78, 5) is 5.08. The molecule has 1 heterocycles. The average Bonchev–Trinajstić information content (AvgIpc) is 2.84. The van der Waals surface area contributed by atoms with Crippen molar-refractivity contribution in [2.24, 2.45) is 5.84 Å². The average molecular weight is 176 g/mol. The summed E-state index contributed by atoms with van der Waals surface area (Å²) < 4.78 is -0.0513. The first-order valence-electron chi connectivity index (χ1n) is 4.15. The summed E-state index contributed by atoms with van der Waals surface area (Å²) in [5.41, 5.74) is 3.48. The highest BCUT2D eigenvalue weighted by Gasteiger charge is 2.43. The van der Waals surface area contributed by atoms with Gasteiger partial charge in [0.25, 0.3) is 0 Å². The van der Waals surface area contributed by atoms with Crippen LogP contribution in [-0.4, -0.2) is 23.9 Å². The lowest BCUT2D eigenvalue weighted by Crippen LogP contribution is -3.15. The van der Waals surface area contributed by atoms with E-state index in [1.807, 2.05) is 13.8 Å². The molecule has 0 aliphatic carbocycles. The summed E-state index contributed by atoms with van der Waals surface area (Å²) in [6.07, 6.45) is 0.769. The van der Waals surface area contributed by atoms with Crippen LogP contribution in [0.2, 0.25) is 0 Å². The van der Waals surface area contributed by atoms with Gasteiger partial charge < -0.3 is 16.6 Å². The van der Waals surface area contributed by atoms with Gasteiger partial charge in [-0.05, 0) is 13.3 Å². The monoisotopic (exact) mass is 176 g/mol. The molecule has 6 heteroatoms. The molecule has 12 heavy (non-hydrogen) atoms. The zero-order valence-corrected chi connectivity index (χ0v) is 7.49. The van der Waals surface area contributed by atoms with Gasteiger partial charge in [0, 0.05) is 0 Å². The third-order valence-electron chi connectivity index (χ3n) is 2.09. The van der Waals surface area contributed by atoms with Crippen LogP contribution in [0, 0.1) is 5.21 Å². The standard InChI is InChI=1S/C6H16N4O2/c1-3-6(2)12-9(11)10(8-7)4-5-10/h6,9H,3-5,7H2,1-2H3. The van der Waals surface area contributed by atoms with Crippen LogP contribution in [-0.2, 0) is 4.84 Å². The second-order valence-corrected chi connectivity index (χ2v) is 3.09. The van der Waals surface area contributed by atoms with Crippen molar-refractivity contribution >= 4 is 0 Å². The minimum atomic E-state index is -0.327. The van der Waals surface area contributed by atoms with Gasteiger partial charge in [0.05, 0.1) is 0 Å². The van der Waals surface area contributed by atoms with Gasteiger partial charge in [-0.25, -0.2) is 0 Å². The Hall–Kier alpha value is -0.240. The summed E-state index contributed by atoms with van der Waals surface area (Å²) >= 11 is 0. The molecule has 0 aromatic rings. The van der Waals surface area contributed by atoms with E-state index in [1.165, 1.54) is 0 Å². The maximum atomic E-state index is 11.3. The largest absolute Gasteiger partial charge is 0.550 e. The Morgan fingerprint density at radius 3 is 2.67 bits per heavy atom. The molecule has 0 aromatic carbocycles. The Morgan fingerprint density at radius 2 is 2.33 bits per heavy atom. The van der Waals surface area contributed by atoms with E-state index in [4.69, 9.17) is 10.7 Å². The van der Waals surface area contributed by atoms with Crippen molar-refractivity contribution in [2.75, 3.05) is 13.1 Å². The number of nitrogens with one attached hydrogen (secondary N) is 1. The summed E-state index contributed by atoms with van der Waals surface area (Å²) in [5.74, 6) is 5.08. The summed E-state index contributed by atoms with van der Waals surface area (Å²) in [6, 6.07) is 0. The van der Waals surface area contributed by atoms with Crippen molar-refractivity contribution in [1.29, 1.82) is 0 Å². The topological polar surface area (TPSA) is 76.9 Å². The van der Waals surface area contributed by atoms with E-state index in [2.05, 4.69) is 5.53 Å². The van der Waals surface area contributed by atoms with Crippen LogP contribution in [0.3, 0.4) is 0 Å². The molecule has 0 amide bonds. The van der Waals surface area contributed by atoms with Crippen molar-refractivity contribution in [3.63, 3.8) is 0 Å². The molecule has 3 N–H and O–H groups in total. The van der Waals surface area contributed by atoms with Crippen LogP contribution < -0.4 is 11.2 Å². The van der Waals surface area contributed by atoms with Crippen molar-refractivity contribution in [3.8, 4) is 0 Å². The van der Waals surface area contributed by atoms with Crippen LogP contribution in [0.1, 0.15) is 20.3 Å². The zero-order chi connectivity index (χ0) is 9.19. The van der Waals surface area contributed by atoms with Crippen molar-refractivity contribution < 1.29 is 14.9 Å². The second kappa shape index (κ2) is 3.65. The molecule has 2 unspecified atom stereocenters. The number of nitrogens with two attached hydrogens (primary N) is 1. The van der Waals surface area contributed by atoms with E-state index in [1.54, 1.807) is 0 Å². The highest BCUT2D eigenvalue weighted by atomic mass is 16.9. The summed E-state index contributed by atoms with van der Waals surface area (Å²) in [5, 5.41) is 11.0. The smallest absolute Gasteiger partial charge is 0.170 e. The van der Waals surface area contributed by atoms with Gasteiger partial charge in [-0.15, -0.1) is 0 Å². The van der Waals surface area contributed by atoms with Crippen LogP contribution in [0.5, 0.6) is 0 Å². The van der Waals surface area contributed by atoms with E-state index in [0.29, 0.717) is 13.1 Å². The fraction of sp³-hybridized carbons (Fsp3) is 1.00. The van der Waals surface area contributed by atoms with Gasteiger partial charge >= 0.3 is 0 Å². The molecule has 0 aromatic heterocycles. The first-order chi connectivity index (χ1) is 5.64. The number of rotatable bonds is 5. The molecular formula is C6H16N4O2. The summed E-state index contributed by atoms with van der Waals surface area (Å²) in [6.45, 7) is 5.16. The Balaban J connectivity index is 2.32. The molecule has 0 saturated carbocycles. The normalized spacial score (nSPS) is 25.0. The lowest BCUT2D eigenvalue weighted by Gasteiger charge is -2.35. The van der Waals surface area contributed by atoms with E-state index in [0.717, 1.165) is 6.42 Å². The molecule has 0 bridgehead atoms. The van der Waals surface area contributed by atoms with Crippen molar-refractivity contribution in [2.45, 2.75) is 26.4 Å². The number of hydrogen-bond acceptors (Lipinski definition) is 3. The van der Waals surface area contributed by atoms with Crippen molar-refractivity contribution in [3.05, 3.63) is 10.7 Å². The lowest BCUT2D eigenvalue weighted by molar-refractivity contribution is -1.50. The molecule has 1 aliphatic rings. The highest BCUT2D eigenvalue weighted by molar-refractivity contribution is 4.53. The first-order valence-corrected chi connectivity index (χ1v) is 4.15. The Morgan fingerprint density at radius 1 is 1.75 bits per heavy atom. The van der Waals surface area contributed by atoms with Crippen LogP contribution in [0.25, 0.3) is 5.53 Å². The second-order valence-electron chi connectivity index (χ2n) is 3.09. The predicted octanol–water partition coefficient (Wildman–Crippen LogP) is -0.993. The van der Waals surface area contributed by atoms with E-state index in [-0.39, 0.29) is 16.1 Å².